The number of amides is 4. The molecule has 0 fully saturated rings. The minimum absolute atomic E-state index is 0.142. The molecule has 0 saturated carbocycles. The van der Waals surface area contributed by atoms with Gasteiger partial charge in [-0.05, 0) is 61.4 Å². The molecule has 0 aliphatic carbocycles. The normalized spacial score (nSPS) is 11.0. The molecule has 0 bridgehead atoms. The molecule has 0 atom stereocenters. The van der Waals surface area contributed by atoms with Gasteiger partial charge in [0.05, 0.1) is 0 Å². The largest absolute Gasteiger partial charge is 0.505 e. The van der Waals surface area contributed by atoms with Crippen molar-refractivity contribution in [3.63, 3.8) is 0 Å². The van der Waals surface area contributed by atoms with E-state index in [0.717, 1.165) is 11.1 Å². The average Bonchev–Trinajstić information content (AvgIpc) is 3.74. The summed E-state index contributed by atoms with van der Waals surface area (Å²) in [6, 6.07) is 21.2. The Kier molecular flexibility index (Phi) is 9.33. The van der Waals surface area contributed by atoms with E-state index in [-0.39, 0.29) is 37.7 Å². The van der Waals surface area contributed by atoms with Crippen LogP contribution in [0.15, 0.2) is 72.8 Å². The number of hydrogen-bond acceptors (Lipinski definition) is 10. The van der Waals surface area contributed by atoms with Gasteiger partial charge in [0.1, 0.15) is 44.9 Å². The molecular formula is C34H32N10O6. The fourth-order valence-electron chi connectivity index (χ4n) is 5.20. The van der Waals surface area contributed by atoms with Gasteiger partial charge < -0.3 is 31.5 Å². The number of rotatable bonds is 9. The summed E-state index contributed by atoms with van der Waals surface area (Å²) in [5.74, 6) is -4.17. The number of carbonyl (C=O) groups is 4. The van der Waals surface area contributed by atoms with Crippen molar-refractivity contribution in [1.82, 2.24) is 51.3 Å². The third-order valence-electron chi connectivity index (χ3n) is 7.62. The number of nitrogens with zero attached hydrogens (tertiary/aromatic N) is 6. The van der Waals surface area contributed by atoms with Crippen molar-refractivity contribution in [3.8, 4) is 22.9 Å². The Balaban J connectivity index is 0.960. The Morgan fingerprint density at radius 2 is 0.860 bits per heavy atom. The number of carbonyl (C=O) groups excluding carboxylic acids is 4. The van der Waals surface area contributed by atoms with Crippen LogP contribution in [0.3, 0.4) is 0 Å². The second-order valence-corrected chi connectivity index (χ2v) is 11.4. The van der Waals surface area contributed by atoms with E-state index in [4.69, 9.17) is 0 Å². The Morgan fingerprint density at radius 1 is 0.540 bits per heavy atom. The third kappa shape index (κ3) is 7.18. The van der Waals surface area contributed by atoms with Crippen molar-refractivity contribution in [2.45, 2.75) is 26.9 Å². The molecule has 6 aromatic rings. The van der Waals surface area contributed by atoms with Gasteiger partial charge in [-0.25, -0.2) is 0 Å². The zero-order valence-corrected chi connectivity index (χ0v) is 27.0. The van der Waals surface area contributed by atoms with Gasteiger partial charge in [-0.1, -0.05) is 36.4 Å². The summed E-state index contributed by atoms with van der Waals surface area (Å²) in [6.45, 7) is 3.02. The number of aryl methyl sites for hydroxylation is 2. The van der Waals surface area contributed by atoms with Gasteiger partial charge in [0.2, 0.25) is 0 Å². The molecule has 6 N–H and O–H groups in total. The Morgan fingerprint density at radius 3 is 1.20 bits per heavy atom. The van der Waals surface area contributed by atoms with Crippen LogP contribution in [0.5, 0.6) is 11.5 Å². The van der Waals surface area contributed by atoms with Gasteiger partial charge in [0.15, 0.2) is 0 Å². The highest BCUT2D eigenvalue weighted by Crippen LogP contribution is 2.29. The molecule has 16 nitrogen and oxygen atoms in total. The molecule has 254 valence electrons. The number of aromatic nitrogens is 6. The van der Waals surface area contributed by atoms with E-state index in [1.165, 1.54) is 9.59 Å². The lowest BCUT2D eigenvalue weighted by atomic mass is 10.1. The van der Waals surface area contributed by atoms with Crippen LogP contribution in [0.4, 0.5) is 0 Å². The summed E-state index contributed by atoms with van der Waals surface area (Å²) in [4.78, 5) is 52.2. The predicted molar refractivity (Wildman–Crippen MR) is 180 cm³/mol. The van der Waals surface area contributed by atoms with Crippen LogP contribution in [0.2, 0.25) is 0 Å². The number of fused-ring (bicyclic) bond motifs is 2. The molecule has 0 aliphatic heterocycles. The Labute approximate surface area is 284 Å². The maximum Gasteiger partial charge on any atom is 0.309 e. The number of benzene rings is 4. The number of aromatic hydroxyl groups is 2. The molecule has 4 amide bonds. The van der Waals surface area contributed by atoms with Crippen LogP contribution < -0.4 is 21.3 Å². The second kappa shape index (κ2) is 14.1. The third-order valence-corrected chi connectivity index (χ3v) is 7.62. The number of hydrogen-bond donors (Lipinski definition) is 6. The molecule has 0 unspecified atom stereocenters. The van der Waals surface area contributed by atoms with Gasteiger partial charge in [-0.3, -0.25) is 19.2 Å². The van der Waals surface area contributed by atoms with Gasteiger partial charge >= 0.3 is 23.6 Å². The molecule has 0 aliphatic rings. The van der Waals surface area contributed by atoms with Crippen molar-refractivity contribution in [1.29, 1.82) is 0 Å². The lowest BCUT2D eigenvalue weighted by Crippen LogP contribution is -2.45. The summed E-state index contributed by atoms with van der Waals surface area (Å²) >= 11 is 0. The molecule has 6 rings (SSSR count). The van der Waals surface area contributed by atoms with Crippen molar-refractivity contribution in [2.24, 2.45) is 0 Å². The molecule has 0 radical (unpaired) electrons. The van der Waals surface area contributed by atoms with Crippen LogP contribution in [0.25, 0.3) is 33.4 Å². The Hall–Kier alpha value is -6.84. The SMILES string of the molecule is Cc1cc(CNC(=O)C(=O)NCCNC(=O)C(=O)NCc2cc(C)cc(-n3nc4ccccc4n3)c2O)c(O)c(-n2nc3ccccc3n2)c1. The maximum atomic E-state index is 12.4. The maximum absolute atomic E-state index is 12.4. The standard InChI is InChI=1S/C34H32N10O6/c1-19-13-21(29(45)27(15-19)43-39-23-7-3-4-8-24(23)40-43)17-37-33(49)31(47)35-11-12-36-32(48)34(50)38-18-22-14-20(2)16-28(30(22)46)44-41-25-9-5-6-10-26(25)42-44/h3-10,13-16,45-46H,11-12,17-18H2,1-2H3,(H,35,47)(H,36,48)(H,37,49)(H,38,50). The van der Waals surface area contributed by atoms with E-state index < -0.39 is 23.6 Å². The van der Waals surface area contributed by atoms with E-state index in [9.17, 15) is 29.4 Å². The summed E-state index contributed by atoms with van der Waals surface area (Å²) in [5.41, 5.74) is 5.45. The van der Waals surface area contributed by atoms with Crippen LogP contribution in [0, 0.1) is 13.8 Å². The molecule has 0 spiro atoms. The summed E-state index contributed by atoms with van der Waals surface area (Å²) < 4.78 is 0. The van der Waals surface area contributed by atoms with Crippen LogP contribution in [-0.4, -0.2) is 76.9 Å². The van der Waals surface area contributed by atoms with Crippen molar-refractivity contribution < 1.29 is 29.4 Å². The highest BCUT2D eigenvalue weighted by molar-refractivity contribution is 6.35. The lowest BCUT2D eigenvalue weighted by Gasteiger charge is -2.12. The summed E-state index contributed by atoms with van der Waals surface area (Å²) in [5, 5.41) is 49.0. The number of nitrogens with one attached hydrogen (secondary N) is 4. The topological polar surface area (TPSA) is 218 Å². The van der Waals surface area contributed by atoms with Crippen molar-refractivity contribution in [3.05, 3.63) is 95.1 Å². The molecular weight excluding hydrogens is 644 g/mol. The highest BCUT2D eigenvalue weighted by Gasteiger charge is 2.19. The zero-order chi connectivity index (χ0) is 35.4. The fraction of sp³-hybridized carbons (Fsp3) is 0.176. The molecule has 2 aromatic heterocycles. The van der Waals surface area contributed by atoms with Crippen molar-refractivity contribution >= 4 is 45.7 Å². The first kappa shape index (κ1) is 33.1. The minimum Gasteiger partial charge on any atom is -0.505 e. The highest BCUT2D eigenvalue weighted by atomic mass is 16.3. The monoisotopic (exact) mass is 676 g/mol. The quantitative estimate of drug-likeness (QED) is 0.0954. The van der Waals surface area contributed by atoms with Gasteiger partial charge in [0.25, 0.3) is 0 Å². The van der Waals surface area contributed by atoms with E-state index in [2.05, 4.69) is 41.7 Å². The number of phenolic OH excluding ortho intramolecular Hbond substituents is 2. The fourth-order valence-corrected chi connectivity index (χ4v) is 5.20. The summed E-state index contributed by atoms with van der Waals surface area (Å²) in [6.07, 6.45) is 0. The van der Waals surface area contributed by atoms with Crippen LogP contribution >= 0.6 is 0 Å². The first-order valence-electron chi connectivity index (χ1n) is 15.5. The van der Waals surface area contributed by atoms with Gasteiger partial charge in [-0.15, -0.1) is 30.0 Å². The van der Waals surface area contributed by atoms with Crippen molar-refractivity contribution in [2.75, 3.05) is 13.1 Å². The average molecular weight is 677 g/mol. The van der Waals surface area contributed by atoms with E-state index >= 15 is 0 Å². The van der Waals surface area contributed by atoms with Crippen LogP contribution in [0.1, 0.15) is 22.3 Å². The molecule has 0 saturated heterocycles. The number of phenols is 2. The van der Waals surface area contributed by atoms with Gasteiger partial charge in [0, 0.05) is 37.3 Å². The zero-order valence-electron chi connectivity index (χ0n) is 27.0. The minimum atomic E-state index is -0.971. The first-order chi connectivity index (χ1) is 24.1. The first-order valence-corrected chi connectivity index (χ1v) is 15.5. The smallest absolute Gasteiger partial charge is 0.309 e. The lowest BCUT2D eigenvalue weighted by molar-refractivity contribution is -0.139. The molecule has 50 heavy (non-hydrogen) atoms. The molecule has 4 aromatic carbocycles. The van der Waals surface area contributed by atoms with E-state index in [0.29, 0.717) is 44.6 Å². The summed E-state index contributed by atoms with van der Waals surface area (Å²) in [7, 11) is 0. The molecule has 2 heterocycles. The van der Waals surface area contributed by atoms with Gasteiger partial charge in [-0.2, -0.15) is 0 Å². The van der Waals surface area contributed by atoms with E-state index in [1.807, 2.05) is 38.1 Å². The predicted octanol–water partition coefficient (Wildman–Crippen LogP) is 1.35. The van der Waals surface area contributed by atoms with Crippen LogP contribution in [-0.2, 0) is 32.3 Å². The second-order valence-electron chi connectivity index (χ2n) is 11.4. The Bertz CT molecular complexity index is 2050. The van der Waals surface area contributed by atoms with E-state index in [1.54, 1.807) is 48.5 Å². The molecule has 16 heteroatoms.